The van der Waals surface area contributed by atoms with E-state index in [4.69, 9.17) is 16.1 Å². The van der Waals surface area contributed by atoms with E-state index in [0.717, 1.165) is 18.7 Å². The molecule has 0 bridgehead atoms. The summed E-state index contributed by atoms with van der Waals surface area (Å²) in [4.78, 5) is 6.07. The molecule has 0 atom stereocenters. The lowest BCUT2D eigenvalue weighted by Crippen LogP contribution is -2.47. The van der Waals surface area contributed by atoms with Crippen molar-refractivity contribution < 1.29 is 4.42 Å². The van der Waals surface area contributed by atoms with E-state index in [1.165, 1.54) is 0 Å². The first kappa shape index (κ1) is 10.3. The monoisotopic (exact) mass is 213 g/mol. The molecule has 1 aromatic rings. The summed E-state index contributed by atoms with van der Waals surface area (Å²) in [6.07, 6.45) is 8.42. The van der Waals surface area contributed by atoms with Crippen molar-refractivity contribution >= 4 is 6.01 Å². The fourth-order valence-electron chi connectivity index (χ4n) is 1.72. The molecule has 0 N–H and O–H groups in total. The van der Waals surface area contributed by atoms with Gasteiger partial charge in [-0.05, 0) is 12.5 Å². The zero-order valence-electron chi connectivity index (χ0n) is 8.97. The minimum Gasteiger partial charge on any atom is -0.432 e. The van der Waals surface area contributed by atoms with Crippen molar-refractivity contribution in [3.63, 3.8) is 0 Å². The molecule has 0 saturated carbocycles. The predicted molar refractivity (Wildman–Crippen MR) is 59.4 cm³/mol. The van der Waals surface area contributed by atoms with Crippen LogP contribution in [0.2, 0.25) is 0 Å². The van der Waals surface area contributed by atoms with Gasteiger partial charge in [0, 0.05) is 19.0 Å². The van der Waals surface area contributed by atoms with E-state index in [0.29, 0.717) is 17.5 Å². The second-order valence-corrected chi connectivity index (χ2v) is 3.73. The van der Waals surface area contributed by atoms with Crippen molar-refractivity contribution in [1.29, 1.82) is 5.26 Å². The van der Waals surface area contributed by atoms with Gasteiger partial charge in [-0.25, -0.2) is 4.98 Å². The topological polar surface area (TPSA) is 53.1 Å². The van der Waals surface area contributed by atoms with Crippen molar-refractivity contribution in [1.82, 2.24) is 4.98 Å². The van der Waals surface area contributed by atoms with E-state index in [2.05, 4.69) is 10.9 Å². The quantitative estimate of drug-likeness (QED) is 0.553. The van der Waals surface area contributed by atoms with Gasteiger partial charge < -0.3 is 9.32 Å². The second kappa shape index (κ2) is 4.12. The standard InChI is InChI=1S/C12H11N3O/c1-3-10(6-13)9(2)11-7-15(8-11)12-14-4-5-16-12/h1,4-5,11H,7-8H2,2H3/b10-9-. The number of nitriles is 1. The molecule has 0 radical (unpaired) electrons. The summed E-state index contributed by atoms with van der Waals surface area (Å²) < 4.78 is 5.17. The van der Waals surface area contributed by atoms with Crippen LogP contribution in [0, 0.1) is 29.6 Å². The number of anilines is 1. The van der Waals surface area contributed by atoms with E-state index < -0.39 is 0 Å². The first-order chi connectivity index (χ1) is 7.76. The van der Waals surface area contributed by atoms with Crippen LogP contribution in [0.4, 0.5) is 6.01 Å². The molecule has 0 aromatic carbocycles. The average molecular weight is 213 g/mol. The van der Waals surface area contributed by atoms with Gasteiger partial charge in [0.2, 0.25) is 0 Å². The normalized spacial score (nSPS) is 17.1. The molecule has 4 heteroatoms. The smallest absolute Gasteiger partial charge is 0.297 e. The molecule has 1 aromatic heterocycles. The van der Waals surface area contributed by atoms with Crippen molar-refractivity contribution in [2.45, 2.75) is 6.92 Å². The van der Waals surface area contributed by atoms with Gasteiger partial charge in [0.1, 0.15) is 17.9 Å². The van der Waals surface area contributed by atoms with Crippen LogP contribution in [0.25, 0.3) is 0 Å². The third-order valence-electron chi connectivity index (χ3n) is 2.83. The molecule has 1 aliphatic rings. The number of allylic oxidation sites excluding steroid dienone is 1. The molecule has 4 nitrogen and oxygen atoms in total. The average Bonchev–Trinajstić information content (AvgIpc) is 2.70. The Kier molecular flexibility index (Phi) is 2.66. The van der Waals surface area contributed by atoms with E-state index in [1.54, 1.807) is 12.5 Å². The SMILES string of the molecule is C#C/C(C#N)=C(\C)C1CN(c2ncco2)C1. The maximum Gasteiger partial charge on any atom is 0.297 e. The van der Waals surface area contributed by atoms with Crippen molar-refractivity contribution in [3.05, 3.63) is 23.6 Å². The van der Waals surface area contributed by atoms with Gasteiger partial charge in [0.25, 0.3) is 6.01 Å². The lowest BCUT2D eigenvalue weighted by Gasteiger charge is -2.38. The number of nitrogens with zero attached hydrogens (tertiary/aromatic N) is 3. The Labute approximate surface area is 94.2 Å². The molecule has 1 fully saturated rings. The van der Waals surface area contributed by atoms with Gasteiger partial charge >= 0.3 is 0 Å². The largest absolute Gasteiger partial charge is 0.432 e. The second-order valence-electron chi connectivity index (χ2n) is 3.73. The summed E-state index contributed by atoms with van der Waals surface area (Å²) in [7, 11) is 0. The molecular formula is C12H11N3O. The van der Waals surface area contributed by atoms with Crippen LogP contribution in [-0.2, 0) is 0 Å². The highest BCUT2D eigenvalue weighted by Gasteiger charge is 2.31. The number of rotatable bonds is 2. The van der Waals surface area contributed by atoms with Crippen LogP contribution < -0.4 is 4.90 Å². The summed E-state index contributed by atoms with van der Waals surface area (Å²) in [6.45, 7) is 3.52. The molecule has 0 amide bonds. The summed E-state index contributed by atoms with van der Waals surface area (Å²) in [5, 5.41) is 8.82. The van der Waals surface area contributed by atoms with Crippen LogP contribution in [0.5, 0.6) is 0 Å². The van der Waals surface area contributed by atoms with E-state index in [1.807, 2.05) is 17.9 Å². The molecule has 2 heterocycles. The first-order valence-corrected chi connectivity index (χ1v) is 4.98. The minimum absolute atomic E-state index is 0.331. The van der Waals surface area contributed by atoms with Crippen LogP contribution >= 0.6 is 0 Å². The Morgan fingerprint density at radius 3 is 2.94 bits per heavy atom. The van der Waals surface area contributed by atoms with E-state index >= 15 is 0 Å². The molecule has 16 heavy (non-hydrogen) atoms. The number of terminal acetylenes is 1. The summed E-state index contributed by atoms with van der Waals surface area (Å²) in [5.74, 6) is 2.74. The highest BCUT2D eigenvalue weighted by atomic mass is 16.4. The van der Waals surface area contributed by atoms with Crippen LogP contribution in [-0.4, -0.2) is 18.1 Å². The Morgan fingerprint density at radius 1 is 1.69 bits per heavy atom. The molecule has 1 saturated heterocycles. The van der Waals surface area contributed by atoms with E-state index in [-0.39, 0.29) is 0 Å². The van der Waals surface area contributed by atoms with Crippen LogP contribution in [0.1, 0.15) is 6.92 Å². The molecule has 0 aliphatic carbocycles. The third-order valence-corrected chi connectivity index (χ3v) is 2.83. The molecule has 0 spiro atoms. The molecular weight excluding hydrogens is 202 g/mol. The Bertz CT molecular complexity index is 465. The van der Waals surface area contributed by atoms with Gasteiger partial charge in [-0.2, -0.15) is 5.26 Å². The zero-order chi connectivity index (χ0) is 11.5. The van der Waals surface area contributed by atoms with Gasteiger partial charge in [-0.1, -0.05) is 5.92 Å². The maximum atomic E-state index is 8.82. The first-order valence-electron chi connectivity index (χ1n) is 4.98. The minimum atomic E-state index is 0.331. The van der Waals surface area contributed by atoms with Crippen molar-refractivity contribution in [3.8, 4) is 18.4 Å². The van der Waals surface area contributed by atoms with Crippen molar-refractivity contribution in [2.24, 2.45) is 5.92 Å². The fourth-order valence-corrected chi connectivity index (χ4v) is 1.72. The Hall–Kier alpha value is -2.20. The highest BCUT2D eigenvalue weighted by Crippen LogP contribution is 2.28. The maximum absolute atomic E-state index is 8.82. The van der Waals surface area contributed by atoms with Gasteiger partial charge in [-0.3, -0.25) is 0 Å². The predicted octanol–water partition coefficient (Wildman–Crippen LogP) is 1.58. The van der Waals surface area contributed by atoms with Gasteiger partial charge in [-0.15, -0.1) is 6.42 Å². The molecule has 80 valence electrons. The summed E-state index contributed by atoms with van der Waals surface area (Å²) >= 11 is 0. The highest BCUT2D eigenvalue weighted by molar-refractivity contribution is 5.45. The van der Waals surface area contributed by atoms with Gasteiger partial charge in [0.15, 0.2) is 0 Å². The molecule has 0 unspecified atom stereocenters. The lowest BCUT2D eigenvalue weighted by atomic mass is 9.89. The summed E-state index contributed by atoms with van der Waals surface area (Å²) in [5.41, 5.74) is 1.42. The Morgan fingerprint density at radius 2 is 2.44 bits per heavy atom. The number of hydrogen-bond acceptors (Lipinski definition) is 4. The summed E-state index contributed by atoms with van der Waals surface area (Å²) in [6, 6.07) is 2.66. The third kappa shape index (κ3) is 1.66. The van der Waals surface area contributed by atoms with Crippen LogP contribution in [0.15, 0.2) is 28.0 Å². The van der Waals surface area contributed by atoms with Gasteiger partial charge in [0.05, 0.1) is 6.20 Å². The fraction of sp³-hybridized carbons (Fsp3) is 0.333. The molecule has 2 rings (SSSR count). The number of oxazole rings is 1. The van der Waals surface area contributed by atoms with Crippen LogP contribution in [0.3, 0.4) is 0 Å². The van der Waals surface area contributed by atoms with Crippen molar-refractivity contribution in [2.75, 3.05) is 18.0 Å². The Balaban J connectivity index is 2.02. The lowest BCUT2D eigenvalue weighted by molar-refractivity contribution is 0.417. The number of hydrogen-bond donors (Lipinski definition) is 0. The van der Waals surface area contributed by atoms with E-state index in [9.17, 15) is 0 Å². The zero-order valence-corrected chi connectivity index (χ0v) is 8.97. The number of aromatic nitrogens is 1. The molecule has 1 aliphatic heterocycles.